The molecule has 0 saturated heterocycles. The van der Waals surface area contributed by atoms with Crippen molar-refractivity contribution in [3.05, 3.63) is 58.2 Å². The van der Waals surface area contributed by atoms with E-state index in [0.29, 0.717) is 12.6 Å². The van der Waals surface area contributed by atoms with Crippen molar-refractivity contribution in [2.24, 2.45) is 0 Å². The zero-order chi connectivity index (χ0) is 17.4. The lowest BCUT2D eigenvalue weighted by atomic mass is 9.94. The highest BCUT2D eigenvalue weighted by atomic mass is 16.2. The van der Waals surface area contributed by atoms with Crippen LogP contribution in [0.2, 0.25) is 0 Å². The van der Waals surface area contributed by atoms with Gasteiger partial charge in [0.05, 0.1) is 17.8 Å². The number of aromatic nitrogens is 2. The van der Waals surface area contributed by atoms with E-state index in [-0.39, 0.29) is 5.91 Å². The number of rotatable bonds is 3. The van der Waals surface area contributed by atoms with E-state index in [1.807, 2.05) is 26.1 Å². The number of hydrogen-bond donors (Lipinski definition) is 0. The average molecular weight is 335 g/mol. The molecule has 2 aliphatic rings. The maximum Gasteiger partial charge on any atom is 0.256 e. The molecule has 1 amide bonds. The van der Waals surface area contributed by atoms with Gasteiger partial charge >= 0.3 is 0 Å². The van der Waals surface area contributed by atoms with Gasteiger partial charge < -0.3 is 4.90 Å². The fourth-order valence-electron chi connectivity index (χ4n) is 4.08. The Balaban J connectivity index is 1.59. The summed E-state index contributed by atoms with van der Waals surface area (Å²) in [7, 11) is 0. The second kappa shape index (κ2) is 6.58. The van der Waals surface area contributed by atoms with E-state index in [0.717, 1.165) is 53.0 Å². The van der Waals surface area contributed by atoms with Gasteiger partial charge in [0.1, 0.15) is 0 Å². The molecule has 130 valence electrons. The first-order valence-electron chi connectivity index (χ1n) is 9.34. The normalized spacial score (nSPS) is 17.8. The number of aryl methyl sites for hydroxylation is 2. The molecule has 2 aromatic rings. The van der Waals surface area contributed by atoms with Crippen molar-refractivity contribution in [1.29, 1.82) is 0 Å². The number of carbonyl (C=O) groups is 1. The van der Waals surface area contributed by atoms with Crippen molar-refractivity contribution in [1.82, 2.24) is 14.9 Å². The first kappa shape index (κ1) is 16.2. The van der Waals surface area contributed by atoms with Crippen LogP contribution in [0.4, 0.5) is 0 Å². The van der Waals surface area contributed by atoms with Crippen molar-refractivity contribution >= 4 is 5.91 Å². The molecule has 1 saturated carbocycles. The molecular formula is C21H25N3O. The SMILES string of the molecule is Cc1ccc(Cc2cc3c(nc2C)CN(C2CCCCC2)C3=O)cn1. The Bertz CT molecular complexity index is 792. The quantitative estimate of drug-likeness (QED) is 0.852. The fourth-order valence-corrected chi connectivity index (χ4v) is 4.08. The van der Waals surface area contributed by atoms with Gasteiger partial charge in [0, 0.05) is 30.0 Å². The highest BCUT2D eigenvalue weighted by molar-refractivity contribution is 5.98. The lowest BCUT2D eigenvalue weighted by Gasteiger charge is -2.30. The smallest absolute Gasteiger partial charge is 0.256 e. The van der Waals surface area contributed by atoms with Crippen LogP contribution in [0, 0.1) is 13.8 Å². The Kier molecular flexibility index (Phi) is 4.28. The molecule has 0 unspecified atom stereocenters. The maximum absolute atomic E-state index is 12.9. The van der Waals surface area contributed by atoms with Crippen LogP contribution in [0.5, 0.6) is 0 Å². The van der Waals surface area contributed by atoms with E-state index in [1.165, 1.54) is 19.3 Å². The lowest BCUT2D eigenvalue weighted by Crippen LogP contribution is -2.36. The molecule has 2 aromatic heterocycles. The van der Waals surface area contributed by atoms with Gasteiger partial charge in [-0.25, -0.2) is 0 Å². The van der Waals surface area contributed by atoms with Gasteiger partial charge in [0.25, 0.3) is 5.91 Å². The predicted octanol–water partition coefficient (Wildman–Crippen LogP) is 3.97. The number of nitrogens with zero attached hydrogens (tertiary/aromatic N) is 3. The standard InChI is InChI=1S/C21H25N3O/c1-14-8-9-16(12-22-14)10-17-11-19-20(23-15(17)2)13-24(21(19)25)18-6-4-3-5-7-18/h8-9,11-12,18H,3-7,10,13H2,1-2H3. The monoisotopic (exact) mass is 335 g/mol. The van der Waals surface area contributed by atoms with Gasteiger partial charge in [-0.15, -0.1) is 0 Å². The molecule has 25 heavy (non-hydrogen) atoms. The number of hydrogen-bond acceptors (Lipinski definition) is 3. The van der Waals surface area contributed by atoms with Crippen LogP contribution in [-0.2, 0) is 13.0 Å². The minimum atomic E-state index is 0.178. The Morgan fingerprint density at radius 1 is 1.16 bits per heavy atom. The molecule has 4 heteroatoms. The summed E-state index contributed by atoms with van der Waals surface area (Å²) < 4.78 is 0. The molecule has 4 nitrogen and oxygen atoms in total. The third kappa shape index (κ3) is 3.17. The minimum absolute atomic E-state index is 0.178. The minimum Gasteiger partial charge on any atom is -0.330 e. The third-order valence-corrected chi connectivity index (χ3v) is 5.59. The molecule has 4 rings (SSSR count). The summed E-state index contributed by atoms with van der Waals surface area (Å²) in [5.74, 6) is 0.178. The van der Waals surface area contributed by atoms with Crippen LogP contribution < -0.4 is 0 Å². The zero-order valence-corrected chi connectivity index (χ0v) is 15.1. The molecule has 1 fully saturated rings. The first-order valence-corrected chi connectivity index (χ1v) is 9.34. The number of carbonyl (C=O) groups excluding carboxylic acids is 1. The van der Waals surface area contributed by atoms with E-state index >= 15 is 0 Å². The van der Waals surface area contributed by atoms with Crippen molar-refractivity contribution in [3.8, 4) is 0 Å². The molecule has 0 atom stereocenters. The summed E-state index contributed by atoms with van der Waals surface area (Å²) in [5.41, 5.74) is 6.10. The van der Waals surface area contributed by atoms with Gasteiger partial charge in [-0.1, -0.05) is 25.3 Å². The van der Waals surface area contributed by atoms with E-state index in [4.69, 9.17) is 4.98 Å². The fraction of sp³-hybridized carbons (Fsp3) is 0.476. The Hall–Kier alpha value is -2.23. The Morgan fingerprint density at radius 3 is 2.68 bits per heavy atom. The third-order valence-electron chi connectivity index (χ3n) is 5.59. The van der Waals surface area contributed by atoms with Crippen LogP contribution in [0.15, 0.2) is 24.4 Å². The van der Waals surface area contributed by atoms with E-state index in [1.54, 1.807) is 0 Å². The van der Waals surface area contributed by atoms with E-state index in [2.05, 4.69) is 22.0 Å². The summed E-state index contributed by atoms with van der Waals surface area (Å²) in [6.45, 7) is 4.72. The van der Waals surface area contributed by atoms with E-state index in [9.17, 15) is 4.79 Å². The van der Waals surface area contributed by atoms with Crippen molar-refractivity contribution in [2.75, 3.05) is 0 Å². The van der Waals surface area contributed by atoms with Gasteiger partial charge in [0.15, 0.2) is 0 Å². The van der Waals surface area contributed by atoms with Gasteiger partial charge in [-0.05, 0) is 49.9 Å². The lowest BCUT2D eigenvalue weighted by molar-refractivity contribution is 0.0659. The first-order chi connectivity index (χ1) is 12.1. The molecule has 3 heterocycles. The molecule has 0 radical (unpaired) electrons. The molecule has 0 N–H and O–H groups in total. The molecule has 1 aliphatic heterocycles. The second-order valence-electron chi connectivity index (χ2n) is 7.44. The predicted molar refractivity (Wildman–Crippen MR) is 97.5 cm³/mol. The summed E-state index contributed by atoms with van der Waals surface area (Å²) in [6, 6.07) is 6.61. The van der Waals surface area contributed by atoms with Crippen LogP contribution in [0.3, 0.4) is 0 Å². The highest BCUT2D eigenvalue weighted by Gasteiger charge is 2.34. The number of fused-ring (bicyclic) bond motifs is 1. The van der Waals surface area contributed by atoms with Gasteiger partial charge in [-0.2, -0.15) is 0 Å². The van der Waals surface area contributed by atoms with Crippen LogP contribution in [0.25, 0.3) is 0 Å². The Labute approximate surface area is 149 Å². The molecular weight excluding hydrogens is 310 g/mol. The van der Waals surface area contributed by atoms with E-state index < -0.39 is 0 Å². The van der Waals surface area contributed by atoms with Crippen molar-refractivity contribution in [3.63, 3.8) is 0 Å². The average Bonchev–Trinajstić information content (AvgIpc) is 2.94. The Morgan fingerprint density at radius 2 is 1.96 bits per heavy atom. The topological polar surface area (TPSA) is 46.1 Å². The van der Waals surface area contributed by atoms with Crippen LogP contribution >= 0.6 is 0 Å². The molecule has 0 spiro atoms. The largest absolute Gasteiger partial charge is 0.330 e. The van der Waals surface area contributed by atoms with Crippen molar-refractivity contribution < 1.29 is 4.79 Å². The summed E-state index contributed by atoms with van der Waals surface area (Å²) in [5, 5.41) is 0. The van der Waals surface area contributed by atoms with Crippen molar-refractivity contribution in [2.45, 2.75) is 65.0 Å². The number of amides is 1. The zero-order valence-electron chi connectivity index (χ0n) is 15.1. The molecule has 0 aromatic carbocycles. The summed E-state index contributed by atoms with van der Waals surface area (Å²) in [6.07, 6.45) is 8.75. The summed E-state index contributed by atoms with van der Waals surface area (Å²) >= 11 is 0. The number of pyridine rings is 2. The van der Waals surface area contributed by atoms with Gasteiger partial charge in [-0.3, -0.25) is 14.8 Å². The highest BCUT2D eigenvalue weighted by Crippen LogP contribution is 2.31. The molecule has 1 aliphatic carbocycles. The van der Waals surface area contributed by atoms with Gasteiger partial charge in [0.2, 0.25) is 0 Å². The van der Waals surface area contributed by atoms with Crippen LogP contribution in [0.1, 0.15) is 70.7 Å². The summed E-state index contributed by atoms with van der Waals surface area (Å²) in [4.78, 5) is 24.1. The van der Waals surface area contributed by atoms with Crippen LogP contribution in [-0.4, -0.2) is 26.8 Å². The molecule has 0 bridgehead atoms. The second-order valence-corrected chi connectivity index (χ2v) is 7.44. The maximum atomic E-state index is 12.9.